The molecule has 1 aliphatic rings. The van der Waals surface area contributed by atoms with Crippen molar-refractivity contribution < 1.29 is 9.84 Å². The summed E-state index contributed by atoms with van der Waals surface area (Å²) < 4.78 is 5.07. The lowest BCUT2D eigenvalue weighted by Crippen LogP contribution is -2.25. The van der Waals surface area contributed by atoms with E-state index in [2.05, 4.69) is 4.98 Å². The summed E-state index contributed by atoms with van der Waals surface area (Å²) in [5, 5.41) is 8.75. The highest BCUT2D eigenvalue weighted by molar-refractivity contribution is 5.19. The highest BCUT2D eigenvalue weighted by atomic mass is 16.5. The van der Waals surface area contributed by atoms with Crippen LogP contribution in [0, 0.1) is 0 Å². The average Bonchev–Trinajstić information content (AvgIpc) is 2.03. The first kappa shape index (κ1) is 7.71. The van der Waals surface area contributed by atoms with Crippen molar-refractivity contribution in [2.45, 2.75) is 12.5 Å². The summed E-state index contributed by atoms with van der Waals surface area (Å²) in [6, 6.07) is 3.86. The predicted molar refractivity (Wildman–Crippen MR) is 43.7 cm³/mol. The zero-order valence-electron chi connectivity index (χ0n) is 6.73. The zero-order chi connectivity index (χ0) is 8.39. The Balaban J connectivity index is 2.13. The van der Waals surface area contributed by atoms with Crippen molar-refractivity contribution in [1.82, 2.24) is 4.98 Å². The van der Waals surface area contributed by atoms with E-state index in [0.29, 0.717) is 5.92 Å². The molecule has 3 nitrogen and oxygen atoms in total. The molecule has 0 saturated carbocycles. The monoisotopic (exact) mass is 165 g/mol. The first-order valence-electron chi connectivity index (χ1n) is 4.03. The summed E-state index contributed by atoms with van der Waals surface area (Å²) in [4.78, 5) is 4.09. The number of hydrogen-bond donors (Lipinski definition) is 1. The molecule has 0 aromatic carbocycles. The van der Waals surface area contributed by atoms with Crippen molar-refractivity contribution in [1.29, 1.82) is 0 Å². The van der Waals surface area contributed by atoms with E-state index in [-0.39, 0.29) is 6.61 Å². The molecule has 1 N–H and O–H groups in total. The zero-order valence-corrected chi connectivity index (χ0v) is 6.73. The highest BCUT2D eigenvalue weighted by Gasteiger charge is 2.20. The number of hydrogen-bond acceptors (Lipinski definition) is 3. The summed E-state index contributed by atoms with van der Waals surface area (Å²) in [7, 11) is 0. The van der Waals surface area contributed by atoms with Crippen LogP contribution in [0.25, 0.3) is 0 Å². The van der Waals surface area contributed by atoms with Crippen molar-refractivity contribution in [3.05, 3.63) is 29.6 Å². The van der Waals surface area contributed by atoms with Gasteiger partial charge < -0.3 is 9.84 Å². The highest BCUT2D eigenvalue weighted by Crippen LogP contribution is 2.22. The quantitative estimate of drug-likeness (QED) is 0.701. The summed E-state index contributed by atoms with van der Waals surface area (Å²) in [6.07, 6.45) is 1.82. The Labute approximate surface area is 71.0 Å². The second-order valence-electron chi connectivity index (χ2n) is 2.98. The van der Waals surface area contributed by atoms with Crippen LogP contribution in [0.15, 0.2) is 18.3 Å². The van der Waals surface area contributed by atoms with Gasteiger partial charge in [0.2, 0.25) is 0 Å². The fraction of sp³-hybridized carbons (Fsp3) is 0.444. The minimum absolute atomic E-state index is 0.0153. The van der Waals surface area contributed by atoms with E-state index < -0.39 is 0 Å². The first-order valence-corrected chi connectivity index (χ1v) is 4.03. The van der Waals surface area contributed by atoms with E-state index in [1.807, 2.05) is 18.3 Å². The molecule has 0 spiro atoms. The van der Waals surface area contributed by atoms with Gasteiger partial charge in [-0.25, -0.2) is 0 Å². The number of aromatic nitrogens is 1. The minimum atomic E-state index is 0.0153. The summed E-state index contributed by atoms with van der Waals surface area (Å²) in [6.45, 7) is 1.63. The van der Waals surface area contributed by atoms with Crippen molar-refractivity contribution in [2.75, 3.05) is 13.2 Å². The van der Waals surface area contributed by atoms with Crippen LogP contribution in [-0.4, -0.2) is 23.3 Å². The molecule has 1 aromatic rings. The second-order valence-corrected chi connectivity index (χ2v) is 2.98. The SMILES string of the molecule is OCc1ccc(C2COC2)cn1. The molecule has 2 heterocycles. The molecule has 12 heavy (non-hydrogen) atoms. The Morgan fingerprint density at radius 2 is 2.33 bits per heavy atom. The van der Waals surface area contributed by atoms with Crippen molar-refractivity contribution in [3.63, 3.8) is 0 Å². The molecule has 0 bridgehead atoms. The van der Waals surface area contributed by atoms with E-state index in [4.69, 9.17) is 9.84 Å². The van der Waals surface area contributed by atoms with Crippen LogP contribution in [0.3, 0.4) is 0 Å². The molecule has 0 radical (unpaired) electrons. The molecule has 3 heteroatoms. The van der Waals surface area contributed by atoms with Gasteiger partial charge in [-0.3, -0.25) is 4.98 Å². The average molecular weight is 165 g/mol. The molecule has 0 aliphatic carbocycles. The van der Waals surface area contributed by atoms with Crippen LogP contribution in [0.1, 0.15) is 17.2 Å². The third-order valence-electron chi connectivity index (χ3n) is 2.12. The number of rotatable bonds is 2. The maximum Gasteiger partial charge on any atom is 0.0852 e. The number of ether oxygens (including phenoxy) is 1. The van der Waals surface area contributed by atoms with Crippen LogP contribution in [0.4, 0.5) is 0 Å². The van der Waals surface area contributed by atoms with Crippen LogP contribution in [0.2, 0.25) is 0 Å². The predicted octanol–water partition coefficient (Wildman–Crippen LogP) is 0.688. The molecular formula is C9H11NO2. The number of pyridine rings is 1. The Morgan fingerprint density at radius 1 is 1.50 bits per heavy atom. The van der Waals surface area contributed by atoms with Gasteiger partial charge in [0.1, 0.15) is 0 Å². The van der Waals surface area contributed by atoms with Crippen LogP contribution >= 0.6 is 0 Å². The molecule has 64 valence electrons. The Bertz CT molecular complexity index is 254. The fourth-order valence-electron chi connectivity index (χ4n) is 1.20. The minimum Gasteiger partial charge on any atom is -0.390 e. The van der Waals surface area contributed by atoms with Gasteiger partial charge >= 0.3 is 0 Å². The van der Waals surface area contributed by atoms with Gasteiger partial charge in [0, 0.05) is 12.1 Å². The van der Waals surface area contributed by atoms with Gasteiger partial charge in [-0.1, -0.05) is 6.07 Å². The Morgan fingerprint density at radius 3 is 2.75 bits per heavy atom. The maximum atomic E-state index is 8.75. The number of aliphatic hydroxyl groups is 1. The molecule has 2 rings (SSSR count). The van der Waals surface area contributed by atoms with E-state index in [9.17, 15) is 0 Å². The third-order valence-corrected chi connectivity index (χ3v) is 2.12. The van der Waals surface area contributed by atoms with Gasteiger partial charge in [0.15, 0.2) is 0 Å². The largest absolute Gasteiger partial charge is 0.390 e. The fourth-order valence-corrected chi connectivity index (χ4v) is 1.20. The van der Waals surface area contributed by atoms with Crippen molar-refractivity contribution in [2.24, 2.45) is 0 Å². The summed E-state index contributed by atoms with van der Waals surface area (Å²) >= 11 is 0. The van der Waals surface area contributed by atoms with E-state index in [1.54, 1.807) is 0 Å². The van der Waals surface area contributed by atoms with Gasteiger partial charge in [-0.05, 0) is 11.6 Å². The van der Waals surface area contributed by atoms with E-state index in [0.717, 1.165) is 18.9 Å². The smallest absolute Gasteiger partial charge is 0.0852 e. The molecule has 1 saturated heterocycles. The molecule has 1 aromatic heterocycles. The van der Waals surface area contributed by atoms with Crippen LogP contribution < -0.4 is 0 Å². The van der Waals surface area contributed by atoms with Crippen LogP contribution in [0.5, 0.6) is 0 Å². The van der Waals surface area contributed by atoms with Gasteiger partial charge in [-0.15, -0.1) is 0 Å². The van der Waals surface area contributed by atoms with Gasteiger partial charge in [0.05, 0.1) is 25.5 Å². The molecule has 0 amide bonds. The molecular weight excluding hydrogens is 154 g/mol. The second kappa shape index (κ2) is 3.21. The first-order chi connectivity index (χ1) is 5.90. The van der Waals surface area contributed by atoms with Gasteiger partial charge in [0.25, 0.3) is 0 Å². The standard InChI is InChI=1S/C9H11NO2/c11-4-9-2-1-7(3-10-9)8-5-12-6-8/h1-3,8,11H,4-6H2. The van der Waals surface area contributed by atoms with E-state index >= 15 is 0 Å². The third kappa shape index (κ3) is 1.33. The lowest BCUT2D eigenvalue weighted by Gasteiger charge is -2.25. The number of aliphatic hydroxyl groups excluding tert-OH is 1. The summed E-state index contributed by atoms with van der Waals surface area (Å²) in [5.74, 6) is 0.519. The van der Waals surface area contributed by atoms with Crippen molar-refractivity contribution in [3.8, 4) is 0 Å². The van der Waals surface area contributed by atoms with Crippen LogP contribution in [-0.2, 0) is 11.3 Å². The normalized spacial score (nSPS) is 17.4. The Hall–Kier alpha value is -0.930. The summed E-state index contributed by atoms with van der Waals surface area (Å²) in [5.41, 5.74) is 1.93. The molecule has 0 unspecified atom stereocenters. The number of nitrogens with zero attached hydrogens (tertiary/aromatic N) is 1. The maximum absolute atomic E-state index is 8.75. The van der Waals surface area contributed by atoms with Gasteiger partial charge in [-0.2, -0.15) is 0 Å². The molecule has 0 atom stereocenters. The molecule has 1 aliphatic heterocycles. The molecule has 1 fully saturated rings. The lowest BCUT2D eigenvalue weighted by molar-refractivity contribution is 0.00827. The lowest BCUT2D eigenvalue weighted by atomic mass is 9.99. The topological polar surface area (TPSA) is 42.4 Å². The Kier molecular flexibility index (Phi) is 2.06. The van der Waals surface area contributed by atoms with E-state index in [1.165, 1.54) is 5.56 Å². The van der Waals surface area contributed by atoms with Crippen molar-refractivity contribution >= 4 is 0 Å².